The minimum absolute atomic E-state index is 0.349. The van der Waals surface area contributed by atoms with Crippen molar-refractivity contribution < 1.29 is 9.31 Å². The van der Waals surface area contributed by atoms with Crippen molar-refractivity contribution in [2.75, 3.05) is 0 Å². The van der Waals surface area contributed by atoms with Crippen molar-refractivity contribution in [3.8, 4) is 5.69 Å². The molecule has 0 N–H and O–H groups in total. The van der Waals surface area contributed by atoms with Crippen molar-refractivity contribution in [2.45, 2.75) is 38.9 Å². The van der Waals surface area contributed by atoms with Gasteiger partial charge in [-0.2, -0.15) is 0 Å². The molecule has 1 aliphatic rings. The largest absolute Gasteiger partial charge is 0.516 e. The van der Waals surface area contributed by atoms with Crippen molar-refractivity contribution in [3.63, 3.8) is 0 Å². The number of hydrogen-bond donors (Lipinski definition) is 0. The maximum Gasteiger partial charge on any atom is 0.516 e. The molecule has 0 unspecified atom stereocenters. The molecule has 2 aromatic heterocycles. The minimum atomic E-state index is -0.428. The van der Waals surface area contributed by atoms with Gasteiger partial charge in [0, 0.05) is 24.3 Å². The van der Waals surface area contributed by atoms with Crippen LogP contribution in [0, 0.1) is 0 Å². The summed E-state index contributed by atoms with van der Waals surface area (Å²) < 4.78 is 13.9. The molecule has 3 rings (SSSR count). The van der Waals surface area contributed by atoms with Gasteiger partial charge < -0.3 is 13.9 Å². The van der Waals surface area contributed by atoms with E-state index in [9.17, 15) is 0 Å². The molecule has 0 amide bonds. The highest BCUT2D eigenvalue weighted by Crippen LogP contribution is 2.36. The molecule has 1 fully saturated rings. The lowest BCUT2D eigenvalue weighted by atomic mass is 9.86. The first-order chi connectivity index (χ1) is 9.39. The lowest BCUT2D eigenvalue weighted by Gasteiger charge is -2.32. The highest BCUT2D eigenvalue weighted by atomic mass is 16.7. The third-order valence-electron chi connectivity index (χ3n) is 4.06. The van der Waals surface area contributed by atoms with Gasteiger partial charge in [-0.3, -0.25) is 4.98 Å². The molecule has 5 nitrogen and oxygen atoms in total. The summed E-state index contributed by atoms with van der Waals surface area (Å²) in [5.41, 5.74) is 1.09. The van der Waals surface area contributed by atoms with Crippen LogP contribution in [-0.4, -0.2) is 32.9 Å². The molecule has 0 aliphatic carbocycles. The molecule has 1 aliphatic heterocycles. The number of rotatable bonds is 2. The second-order valence-electron chi connectivity index (χ2n) is 6.00. The first-order valence-corrected chi connectivity index (χ1v) is 6.69. The fourth-order valence-corrected chi connectivity index (χ4v) is 2.08. The molecule has 0 atom stereocenters. The van der Waals surface area contributed by atoms with Gasteiger partial charge in [-0.1, -0.05) is 0 Å². The number of imidazole rings is 1. The average Bonchev–Trinajstić information content (AvgIpc) is 2.94. The molecular formula is C14H18BN3O2. The van der Waals surface area contributed by atoms with Gasteiger partial charge in [0.15, 0.2) is 0 Å². The first kappa shape index (κ1) is 13.3. The van der Waals surface area contributed by atoms with Gasteiger partial charge in [0.05, 0.1) is 23.1 Å². The van der Waals surface area contributed by atoms with Gasteiger partial charge in [-0.15, -0.1) is 0 Å². The van der Waals surface area contributed by atoms with Crippen LogP contribution in [0.2, 0.25) is 0 Å². The number of pyridine rings is 1. The van der Waals surface area contributed by atoms with Crippen molar-refractivity contribution in [2.24, 2.45) is 0 Å². The first-order valence-electron chi connectivity index (χ1n) is 6.69. The molecule has 2 aromatic rings. The Kier molecular flexibility index (Phi) is 2.95. The predicted octanol–water partition coefficient (Wildman–Crippen LogP) is 1.57. The normalized spacial score (nSPS) is 20.3. The van der Waals surface area contributed by atoms with Gasteiger partial charge in [0.2, 0.25) is 0 Å². The standard InChI is InChI=1S/C14H18BN3O2/c1-13(2)14(3,4)20-15(19-13)12-9-18(10-17-12)11-5-7-16-8-6-11/h5-10H,1-4H3. The smallest absolute Gasteiger partial charge is 0.398 e. The lowest BCUT2D eigenvalue weighted by molar-refractivity contribution is 0.00578. The molecular weight excluding hydrogens is 253 g/mol. The lowest BCUT2D eigenvalue weighted by Crippen LogP contribution is -2.41. The summed E-state index contributed by atoms with van der Waals surface area (Å²) in [6.07, 6.45) is 7.20. The SMILES string of the molecule is CC1(C)OB(c2cn(-c3ccncc3)cn2)OC1(C)C. The second kappa shape index (κ2) is 4.43. The van der Waals surface area contributed by atoms with Crippen molar-refractivity contribution in [1.82, 2.24) is 14.5 Å². The summed E-state index contributed by atoms with van der Waals surface area (Å²) in [5.74, 6) is 0. The minimum Gasteiger partial charge on any atom is -0.398 e. The van der Waals surface area contributed by atoms with E-state index in [1.165, 1.54) is 0 Å². The Morgan fingerprint density at radius 3 is 2.25 bits per heavy atom. The van der Waals surface area contributed by atoms with Gasteiger partial charge >= 0.3 is 7.12 Å². The Balaban J connectivity index is 1.86. The highest BCUT2D eigenvalue weighted by Gasteiger charge is 2.52. The molecule has 0 aromatic carbocycles. The van der Waals surface area contributed by atoms with Crippen LogP contribution in [0.15, 0.2) is 37.1 Å². The summed E-state index contributed by atoms with van der Waals surface area (Å²) in [5, 5.41) is 0. The van der Waals surface area contributed by atoms with E-state index in [1.807, 2.05) is 50.6 Å². The third-order valence-corrected chi connectivity index (χ3v) is 4.06. The van der Waals surface area contributed by atoms with Crippen LogP contribution in [-0.2, 0) is 9.31 Å². The summed E-state index contributed by atoms with van der Waals surface area (Å²) >= 11 is 0. The van der Waals surface area contributed by atoms with E-state index in [-0.39, 0.29) is 11.2 Å². The van der Waals surface area contributed by atoms with Gasteiger partial charge in [-0.25, -0.2) is 4.98 Å². The highest BCUT2D eigenvalue weighted by molar-refractivity contribution is 6.61. The quantitative estimate of drug-likeness (QED) is 0.778. The number of hydrogen-bond acceptors (Lipinski definition) is 4. The van der Waals surface area contributed by atoms with Crippen LogP contribution >= 0.6 is 0 Å². The Labute approximate surface area is 119 Å². The van der Waals surface area contributed by atoms with Gasteiger partial charge in [-0.05, 0) is 39.8 Å². The maximum absolute atomic E-state index is 5.99. The van der Waals surface area contributed by atoms with Crippen LogP contribution in [0.1, 0.15) is 27.7 Å². The molecule has 0 bridgehead atoms. The Morgan fingerprint density at radius 2 is 1.65 bits per heavy atom. The average molecular weight is 271 g/mol. The zero-order chi connectivity index (χ0) is 14.4. The van der Waals surface area contributed by atoms with Crippen molar-refractivity contribution in [3.05, 3.63) is 37.1 Å². The zero-order valence-electron chi connectivity index (χ0n) is 12.2. The van der Waals surface area contributed by atoms with Crippen molar-refractivity contribution in [1.29, 1.82) is 0 Å². The number of aromatic nitrogens is 3. The van der Waals surface area contributed by atoms with Crippen LogP contribution in [0.5, 0.6) is 0 Å². The fraction of sp³-hybridized carbons (Fsp3) is 0.429. The van der Waals surface area contributed by atoms with Crippen molar-refractivity contribution >= 4 is 12.7 Å². The summed E-state index contributed by atoms with van der Waals surface area (Å²) in [6.45, 7) is 8.14. The molecule has 0 radical (unpaired) electrons. The molecule has 20 heavy (non-hydrogen) atoms. The monoisotopic (exact) mass is 271 g/mol. The molecule has 0 spiro atoms. The van der Waals surface area contributed by atoms with Gasteiger partial charge in [0.25, 0.3) is 0 Å². The van der Waals surface area contributed by atoms with E-state index >= 15 is 0 Å². The van der Waals surface area contributed by atoms with Crippen LogP contribution in [0.4, 0.5) is 0 Å². The van der Waals surface area contributed by atoms with Crippen LogP contribution < -0.4 is 5.59 Å². The zero-order valence-corrected chi connectivity index (χ0v) is 12.2. The Morgan fingerprint density at radius 1 is 1.05 bits per heavy atom. The van der Waals surface area contributed by atoms with E-state index in [4.69, 9.17) is 9.31 Å². The van der Waals surface area contributed by atoms with E-state index < -0.39 is 7.12 Å². The van der Waals surface area contributed by atoms with Crippen LogP contribution in [0.25, 0.3) is 5.69 Å². The molecule has 6 heteroatoms. The van der Waals surface area contributed by atoms with Gasteiger partial charge in [0.1, 0.15) is 0 Å². The topological polar surface area (TPSA) is 49.2 Å². The summed E-state index contributed by atoms with van der Waals surface area (Å²) in [7, 11) is -0.428. The maximum atomic E-state index is 5.99. The van der Waals surface area contributed by atoms with Crippen LogP contribution in [0.3, 0.4) is 0 Å². The summed E-state index contributed by atoms with van der Waals surface area (Å²) in [6, 6.07) is 3.85. The second-order valence-corrected chi connectivity index (χ2v) is 6.00. The van der Waals surface area contributed by atoms with E-state index in [0.29, 0.717) is 0 Å². The van der Waals surface area contributed by atoms with E-state index in [0.717, 1.165) is 11.3 Å². The Hall–Kier alpha value is -1.66. The molecule has 104 valence electrons. The molecule has 3 heterocycles. The Bertz CT molecular complexity index is 594. The number of nitrogens with zero attached hydrogens (tertiary/aromatic N) is 3. The fourth-order valence-electron chi connectivity index (χ4n) is 2.08. The third kappa shape index (κ3) is 2.15. The predicted molar refractivity (Wildman–Crippen MR) is 77.1 cm³/mol. The molecule has 1 saturated heterocycles. The molecule has 0 saturated carbocycles. The van der Waals surface area contributed by atoms with E-state index in [2.05, 4.69) is 9.97 Å². The van der Waals surface area contributed by atoms with E-state index in [1.54, 1.807) is 18.7 Å². The summed E-state index contributed by atoms with van der Waals surface area (Å²) in [4.78, 5) is 8.41.